The molecule has 0 aromatic heterocycles. The number of aliphatic hydroxyl groups is 1. The summed E-state index contributed by atoms with van der Waals surface area (Å²) in [5.41, 5.74) is 0. The summed E-state index contributed by atoms with van der Waals surface area (Å²) in [5.74, 6) is 10.2. The van der Waals surface area contributed by atoms with E-state index in [0.717, 1.165) is 169 Å². The van der Waals surface area contributed by atoms with Gasteiger partial charge in [-0.3, -0.25) is 0 Å². The molecule has 580 valence electrons. The summed E-state index contributed by atoms with van der Waals surface area (Å²) in [5, 5.41) is 8.58. The van der Waals surface area contributed by atoms with Crippen LogP contribution in [-0.2, 0) is 42.6 Å². The molecule has 0 saturated heterocycles. The Morgan fingerprint density at radius 1 is 0.200 bits per heavy atom. The Hall–Kier alpha value is -0.400. The lowest BCUT2D eigenvalue weighted by Gasteiger charge is -2.17. The van der Waals surface area contributed by atoms with Crippen LogP contribution in [0.25, 0.3) is 0 Å². The van der Waals surface area contributed by atoms with E-state index in [0.29, 0.717) is 59.5 Å². The Morgan fingerprint density at radius 2 is 0.526 bits per heavy atom. The van der Waals surface area contributed by atoms with Crippen LogP contribution in [0, 0.1) is 71.0 Å². The van der Waals surface area contributed by atoms with E-state index in [9.17, 15) is 0 Å². The molecule has 0 bridgehead atoms. The van der Waals surface area contributed by atoms with Crippen LogP contribution in [0.4, 0.5) is 0 Å². The zero-order valence-electron chi connectivity index (χ0n) is 68.8. The molecule has 0 aliphatic rings. The molecule has 8 atom stereocenters. The first-order valence-corrected chi connectivity index (χ1v) is 41.5. The summed E-state index contributed by atoms with van der Waals surface area (Å²) < 4.78 is 49.3. The molecule has 0 aromatic carbocycles. The normalized spacial score (nSPS) is 14.1. The van der Waals surface area contributed by atoms with Gasteiger partial charge in [-0.15, -0.1) is 0 Å². The molecule has 95 heavy (non-hydrogen) atoms. The van der Waals surface area contributed by atoms with Crippen LogP contribution in [0.1, 0.15) is 357 Å². The predicted molar refractivity (Wildman–Crippen MR) is 418 cm³/mol. The van der Waals surface area contributed by atoms with Gasteiger partial charge in [-0.1, -0.05) is 274 Å². The number of rotatable bonds is 68. The van der Waals surface area contributed by atoms with Crippen LogP contribution in [0.3, 0.4) is 0 Å². The highest BCUT2D eigenvalue weighted by Crippen LogP contribution is 2.25. The fourth-order valence-electron chi connectivity index (χ4n) is 12.3. The van der Waals surface area contributed by atoms with Crippen molar-refractivity contribution in [1.29, 1.82) is 0 Å². The average Bonchev–Trinajstić information content (AvgIpc) is 3.75. The highest BCUT2D eigenvalue weighted by molar-refractivity contribution is 4.65. The van der Waals surface area contributed by atoms with E-state index in [1.807, 2.05) is 0 Å². The van der Waals surface area contributed by atoms with Gasteiger partial charge in [-0.25, -0.2) is 0 Å². The molecule has 0 heterocycles. The second kappa shape index (κ2) is 86.0. The van der Waals surface area contributed by atoms with Gasteiger partial charge in [0, 0.05) is 59.5 Å². The van der Waals surface area contributed by atoms with Gasteiger partial charge >= 0.3 is 0 Å². The lowest BCUT2D eigenvalue weighted by Crippen LogP contribution is -2.13. The van der Waals surface area contributed by atoms with Crippen molar-refractivity contribution in [3.8, 4) is 0 Å². The highest BCUT2D eigenvalue weighted by Gasteiger charge is 2.13. The maximum atomic E-state index is 8.58. The molecule has 0 radical (unpaired) electrons. The van der Waals surface area contributed by atoms with Gasteiger partial charge in [0.1, 0.15) is 0 Å². The third kappa shape index (κ3) is 97.8. The minimum absolute atomic E-state index is 0.140. The third-order valence-corrected chi connectivity index (χ3v) is 17.8. The summed E-state index contributed by atoms with van der Waals surface area (Å²) in [6.45, 7) is 62.0. The Bertz CT molecular complexity index is 1280. The second-order valence-corrected chi connectivity index (χ2v) is 31.0. The summed E-state index contributed by atoms with van der Waals surface area (Å²) in [6, 6.07) is 0. The van der Waals surface area contributed by atoms with E-state index in [-0.39, 0.29) is 6.61 Å². The SMILES string of the molecule is CC(C)CC(C)CCCC(C)CCOCCO.CCCCCC(CCC)CCOCCC.CCCOCCC(C)CC(C)CCCC(C)C.CCCOCCC(C)CC(C)CCCC(C)C.CCCOCCOCCOCCOCCOCCCCCCC(CC)CC(C)C. The van der Waals surface area contributed by atoms with Crippen LogP contribution in [0.5, 0.6) is 0 Å². The predicted octanol–water partition coefficient (Wildman–Crippen LogP) is 24.8. The Balaban J connectivity index is -0.000000364. The lowest BCUT2D eigenvalue weighted by molar-refractivity contribution is -0.0111. The van der Waals surface area contributed by atoms with Crippen LogP contribution in [0.2, 0.25) is 0 Å². The maximum absolute atomic E-state index is 8.58. The van der Waals surface area contributed by atoms with Crippen LogP contribution in [0.15, 0.2) is 0 Å². The first-order chi connectivity index (χ1) is 45.7. The third-order valence-electron chi connectivity index (χ3n) is 17.8. The van der Waals surface area contributed by atoms with E-state index in [1.54, 1.807) is 0 Å². The molecule has 1 N–H and O–H groups in total. The van der Waals surface area contributed by atoms with E-state index >= 15 is 0 Å². The van der Waals surface area contributed by atoms with Crippen molar-refractivity contribution in [3.05, 3.63) is 0 Å². The van der Waals surface area contributed by atoms with Crippen LogP contribution in [-0.4, -0.2) is 131 Å². The molecule has 10 heteroatoms. The first-order valence-electron chi connectivity index (χ1n) is 41.5. The molecule has 8 unspecified atom stereocenters. The Morgan fingerprint density at radius 3 is 0.916 bits per heavy atom. The van der Waals surface area contributed by atoms with E-state index < -0.39 is 0 Å². The van der Waals surface area contributed by atoms with E-state index in [1.165, 1.54) is 173 Å². The van der Waals surface area contributed by atoms with Crippen molar-refractivity contribution < 1.29 is 47.7 Å². The largest absolute Gasteiger partial charge is 0.394 e. The monoisotopic (exact) mass is 1360 g/mol. The van der Waals surface area contributed by atoms with Crippen molar-refractivity contribution in [3.63, 3.8) is 0 Å². The maximum Gasteiger partial charge on any atom is 0.0701 e. The quantitative estimate of drug-likeness (QED) is 0.0592. The molecule has 0 aromatic rings. The second-order valence-electron chi connectivity index (χ2n) is 31.0. The standard InChI is InChI=1S/C24H50O5.2C16H34O.C15H32O2.C14H30O/c1-5-12-25-14-16-27-18-20-29-21-19-28-17-15-26-13-10-8-7-9-11-24(6-2)22-23(3)4;2*1-6-11-17-12-10-16(5)13-15(4)9-7-8-14(2)3;1-13(2)12-15(4)7-5-6-14(3)8-10-17-11-9-16;1-4-7-8-10-14(9-5-2)11-13-15-12-6-3/h23-24H,5-22H2,1-4H3;2*14-16H,6-13H2,1-5H3;13-16H,5-12H2,1-4H3;14H,4-13H2,1-3H3. The molecule has 0 amide bonds. The van der Waals surface area contributed by atoms with Gasteiger partial charge < -0.3 is 47.7 Å². The molecule has 0 aliphatic carbocycles. The van der Waals surface area contributed by atoms with Gasteiger partial charge in [0.2, 0.25) is 0 Å². The fraction of sp³-hybridized carbons (Fsp3) is 1.00. The van der Waals surface area contributed by atoms with Crippen molar-refractivity contribution in [1.82, 2.24) is 0 Å². The molecule has 0 saturated carbocycles. The van der Waals surface area contributed by atoms with Gasteiger partial charge in [0.05, 0.1) is 66.1 Å². The Labute approximate surface area is 598 Å². The summed E-state index contributed by atoms with van der Waals surface area (Å²) in [4.78, 5) is 0. The number of ether oxygens (including phenoxy) is 9. The topological polar surface area (TPSA) is 103 Å². The van der Waals surface area contributed by atoms with Gasteiger partial charge in [0.25, 0.3) is 0 Å². The lowest BCUT2D eigenvalue weighted by atomic mass is 9.90. The fourth-order valence-corrected chi connectivity index (χ4v) is 12.3. The number of aliphatic hydroxyl groups excluding tert-OH is 1. The number of hydrogen-bond acceptors (Lipinski definition) is 10. The van der Waals surface area contributed by atoms with Gasteiger partial charge in [-0.2, -0.15) is 0 Å². The smallest absolute Gasteiger partial charge is 0.0701 e. The molecule has 0 fully saturated rings. The van der Waals surface area contributed by atoms with Crippen molar-refractivity contribution in [2.75, 3.05) is 126 Å². The Kier molecular flexibility index (Phi) is 93.5. The first kappa shape index (κ1) is 103. The average molecular weight is 1360 g/mol. The summed E-state index contributed by atoms with van der Waals surface area (Å²) >= 11 is 0. The van der Waals surface area contributed by atoms with E-state index in [2.05, 4.69) is 145 Å². The zero-order chi connectivity index (χ0) is 72.1. The zero-order valence-corrected chi connectivity index (χ0v) is 68.8. The van der Waals surface area contributed by atoms with Gasteiger partial charge in [0.15, 0.2) is 0 Å². The molecular formula is C85H180O10. The minimum Gasteiger partial charge on any atom is -0.394 e. The molecule has 0 spiro atoms. The van der Waals surface area contributed by atoms with Crippen LogP contribution >= 0.6 is 0 Å². The van der Waals surface area contributed by atoms with Crippen molar-refractivity contribution >= 4 is 0 Å². The molecule has 10 nitrogen and oxygen atoms in total. The summed E-state index contributed by atoms with van der Waals surface area (Å²) in [6.07, 6.45) is 43.3. The number of unbranched alkanes of at least 4 members (excludes halogenated alkanes) is 5. The van der Waals surface area contributed by atoms with Crippen molar-refractivity contribution in [2.24, 2.45) is 71.0 Å². The highest BCUT2D eigenvalue weighted by atomic mass is 16.6. The molecule has 0 aliphatic heterocycles. The minimum atomic E-state index is 0.140. The van der Waals surface area contributed by atoms with Gasteiger partial charge in [-0.05, 0) is 154 Å². The van der Waals surface area contributed by atoms with Crippen LogP contribution < -0.4 is 0 Å². The van der Waals surface area contributed by atoms with Crippen molar-refractivity contribution in [2.45, 2.75) is 357 Å². The molecule has 0 rings (SSSR count). The molecular weight excluding hydrogens is 1180 g/mol. The summed E-state index contributed by atoms with van der Waals surface area (Å²) in [7, 11) is 0. The number of hydrogen-bond donors (Lipinski definition) is 1. The van der Waals surface area contributed by atoms with E-state index in [4.69, 9.17) is 47.7 Å².